The fraction of sp³-hybridized carbons (Fsp3) is 0.438. The highest BCUT2D eigenvalue weighted by atomic mass is 16.5. The molecule has 0 amide bonds. The van der Waals surface area contributed by atoms with Gasteiger partial charge in [0.2, 0.25) is 0 Å². The van der Waals surface area contributed by atoms with Gasteiger partial charge in [0, 0.05) is 36.7 Å². The Morgan fingerprint density at radius 2 is 2.10 bits per heavy atom. The van der Waals surface area contributed by atoms with Gasteiger partial charge in [0.05, 0.1) is 12.6 Å². The summed E-state index contributed by atoms with van der Waals surface area (Å²) in [6.07, 6.45) is 0. The number of nitriles is 1. The van der Waals surface area contributed by atoms with Crippen molar-refractivity contribution in [2.45, 2.75) is 33.4 Å². The minimum absolute atomic E-state index is 0.385. The molecule has 0 aliphatic heterocycles. The SMILES string of the molecule is COc1cc(C)c2c(CNC(C)C)c(C#N)n(C)c2c1. The summed E-state index contributed by atoms with van der Waals surface area (Å²) in [7, 11) is 3.59. The van der Waals surface area contributed by atoms with Gasteiger partial charge in [-0.2, -0.15) is 5.26 Å². The van der Waals surface area contributed by atoms with Gasteiger partial charge in [-0.15, -0.1) is 0 Å². The second kappa shape index (κ2) is 5.56. The van der Waals surface area contributed by atoms with Gasteiger partial charge in [-0.25, -0.2) is 0 Å². The molecular weight excluding hydrogens is 250 g/mol. The van der Waals surface area contributed by atoms with Crippen LogP contribution in [-0.2, 0) is 13.6 Å². The van der Waals surface area contributed by atoms with Crippen LogP contribution in [-0.4, -0.2) is 17.7 Å². The molecule has 0 bridgehead atoms. The molecule has 0 atom stereocenters. The van der Waals surface area contributed by atoms with Crippen molar-refractivity contribution in [3.8, 4) is 11.8 Å². The average molecular weight is 271 g/mol. The van der Waals surface area contributed by atoms with Gasteiger partial charge in [0.1, 0.15) is 17.5 Å². The minimum Gasteiger partial charge on any atom is -0.497 e. The first kappa shape index (κ1) is 14.4. The number of nitrogens with one attached hydrogen (secondary N) is 1. The molecule has 2 aromatic rings. The van der Waals surface area contributed by atoms with Crippen LogP contribution in [0.15, 0.2) is 12.1 Å². The van der Waals surface area contributed by atoms with Crippen LogP contribution in [0, 0.1) is 18.3 Å². The van der Waals surface area contributed by atoms with Crippen molar-refractivity contribution in [2.24, 2.45) is 7.05 Å². The number of methoxy groups -OCH3 is 1. The van der Waals surface area contributed by atoms with E-state index in [1.165, 1.54) is 0 Å². The standard InChI is InChI=1S/C16H21N3O/c1-10(2)18-9-13-15(8-17)19(4)14-7-12(20-5)6-11(3)16(13)14/h6-7,10,18H,9H2,1-5H3. The van der Waals surface area contributed by atoms with Gasteiger partial charge in [0.15, 0.2) is 0 Å². The van der Waals surface area contributed by atoms with Crippen LogP contribution in [0.4, 0.5) is 0 Å². The second-order valence-electron chi connectivity index (χ2n) is 5.37. The van der Waals surface area contributed by atoms with Crippen molar-refractivity contribution in [3.05, 3.63) is 29.0 Å². The fourth-order valence-corrected chi connectivity index (χ4v) is 2.57. The average Bonchev–Trinajstić information content (AvgIpc) is 2.69. The third-order valence-electron chi connectivity index (χ3n) is 3.60. The molecule has 4 heteroatoms. The van der Waals surface area contributed by atoms with Crippen molar-refractivity contribution < 1.29 is 4.74 Å². The molecule has 4 nitrogen and oxygen atoms in total. The maximum absolute atomic E-state index is 9.45. The number of aromatic nitrogens is 1. The lowest BCUT2D eigenvalue weighted by atomic mass is 10.1. The topological polar surface area (TPSA) is 50.0 Å². The van der Waals surface area contributed by atoms with Crippen molar-refractivity contribution >= 4 is 10.9 Å². The normalized spacial score (nSPS) is 11.1. The molecule has 0 saturated carbocycles. The molecule has 2 rings (SSSR count). The molecule has 0 aliphatic rings. The molecule has 0 saturated heterocycles. The summed E-state index contributed by atoms with van der Waals surface area (Å²) in [5.74, 6) is 0.823. The lowest BCUT2D eigenvalue weighted by Crippen LogP contribution is -2.22. The molecule has 1 aromatic heterocycles. The van der Waals surface area contributed by atoms with Gasteiger partial charge in [-0.3, -0.25) is 0 Å². The lowest BCUT2D eigenvalue weighted by Gasteiger charge is -2.09. The van der Waals surface area contributed by atoms with Gasteiger partial charge in [0.25, 0.3) is 0 Å². The summed E-state index contributed by atoms with van der Waals surface area (Å²) in [4.78, 5) is 0. The monoisotopic (exact) mass is 271 g/mol. The van der Waals surface area contributed by atoms with Crippen molar-refractivity contribution in [1.82, 2.24) is 9.88 Å². The number of nitrogens with zero attached hydrogens (tertiary/aromatic N) is 2. The molecule has 20 heavy (non-hydrogen) atoms. The first-order valence-electron chi connectivity index (χ1n) is 6.79. The maximum atomic E-state index is 9.45. The second-order valence-corrected chi connectivity index (χ2v) is 5.37. The predicted molar refractivity (Wildman–Crippen MR) is 80.9 cm³/mol. The van der Waals surface area contributed by atoms with Gasteiger partial charge in [-0.05, 0) is 18.6 Å². The van der Waals surface area contributed by atoms with Crippen molar-refractivity contribution in [2.75, 3.05) is 7.11 Å². The molecule has 0 aliphatic carbocycles. The third kappa shape index (κ3) is 2.37. The number of aryl methyl sites for hydroxylation is 2. The summed E-state index contributed by atoms with van der Waals surface area (Å²) in [6.45, 7) is 6.97. The summed E-state index contributed by atoms with van der Waals surface area (Å²) in [6, 6.07) is 6.71. The molecule has 1 aromatic carbocycles. The number of benzene rings is 1. The summed E-state index contributed by atoms with van der Waals surface area (Å²) < 4.78 is 7.27. The molecule has 0 fully saturated rings. The first-order valence-corrected chi connectivity index (χ1v) is 6.79. The fourth-order valence-electron chi connectivity index (χ4n) is 2.57. The third-order valence-corrected chi connectivity index (χ3v) is 3.60. The van der Waals surface area contributed by atoms with E-state index in [1.807, 2.05) is 23.7 Å². The van der Waals surface area contributed by atoms with E-state index < -0.39 is 0 Å². The van der Waals surface area contributed by atoms with E-state index in [4.69, 9.17) is 4.74 Å². The van der Waals surface area contributed by atoms with E-state index in [9.17, 15) is 5.26 Å². The molecule has 1 N–H and O–H groups in total. The van der Waals surface area contributed by atoms with Crippen molar-refractivity contribution in [1.29, 1.82) is 5.26 Å². The van der Waals surface area contributed by atoms with Crippen LogP contribution < -0.4 is 10.1 Å². The molecule has 0 unspecified atom stereocenters. The molecule has 0 radical (unpaired) electrons. The number of rotatable bonds is 4. The van der Waals surface area contributed by atoms with E-state index in [0.717, 1.165) is 27.8 Å². The number of fused-ring (bicyclic) bond motifs is 1. The lowest BCUT2D eigenvalue weighted by molar-refractivity contribution is 0.415. The van der Waals surface area contributed by atoms with Gasteiger partial charge in [-0.1, -0.05) is 13.8 Å². The Labute approximate surface area is 120 Å². The Balaban J connectivity index is 2.69. The quantitative estimate of drug-likeness (QED) is 0.930. The molecule has 106 valence electrons. The number of hydrogen-bond acceptors (Lipinski definition) is 3. The van der Waals surface area contributed by atoms with Gasteiger partial charge >= 0.3 is 0 Å². The Bertz CT molecular complexity index is 677. The van der Waals surface area contributed by atoms with Crippen LogP contribution in [0.25, 0.3) is 10.9 Å². The zero-order chi connectivity index (χ0) is 14.9. The highest BCUT2D eigenvalue weighted by Gasteiger charge is 2.17. The summed E-state index contributed by atoms with van der Waals surface area (Å²) in [5.41, 5.74) is 3.96. The van der Waals surface area contributed by atoms with Crippen LogP contribution >= 0.6 is 0 Å². The zero-order valence-corrected chi connectivity index (χ0v) is 12.7. The highest BCUT2D eigenvalue weighted by molar-refractivity contribution is 5.90. The van der Waals surface area contributed by atoms with E-state index >= 15 is 0 Å². The van der Waals surface area contributed by atoms with Crippen LogP contribution in [0.5, 0.6) is 5.75 Å². The minimum atomic E-state index is 0.385. The Kier molecular flexibility index (Phi) is 4.01. The zero-order valence-electron chi connectivity index (χ0n) is 12.7. The Morgan fingerprint density at radius 1 is 1.40 bits per heavy atom. The Morgan fingerprint density at radius 3 is 2.65 bits per heavy atom. The predicted octanol–water partition coefficient (Wildman–Crippen LogP) is 2.87. The number of ether oxygens (including phenoxy) is 1. The smallest absolute Gasteiger partial charge is 0.125 e. The molecule has 1 heterocycles. The Hall–Kier alpha value is -1.99. The summed E-state index contributed by atoms with van der Waals surface area (Å²) in [5, 5.41) is 14.0. The highest BCUT2D eigenvalue weighted by Crippen LogP contribution is 2.31. The maximum Gasteiger partial charge on any atom is 0.125 e. The van der Waals surface area contributed by atoms with E-state index in [2.05, 4.69) is 32.2 Å². The van der Waals surface area contributed by atoms with E-state index in [0.29, 0.717) is 18.3 Å². The molecular formula is C16H21N3O. The van der Waals surface area contributed by atoms with Gasteiger partial charge < -0.3 is 14.6 Å². The summed E-state index contributed by atoms with van der Waals surface area (Å²) >= 11 is 0. The molecule has 0 spiro atoms. The van der Waals surface area contributed by atoms with E-state index in [1.54, 1.807) is 7.11 Å². The van der Waals surface area contributed by atoms with Crippen LogP contribution in [0.1, 0.15) is 30.7 Å². The van der Waals surface area contributed by atoms with E-state index in [-0.39, 0.29) is 0 Å². The van der Waals surface area contributed by atoms with Crippen LogP contribution in [0.2, 0.25) is 0 Å². The first-order chi connectivity index (χ1) is 9.49. The number of hydrogen-bond donors (Lipinski definition) is 1. The largest absolute Gasteiger partial charge is 0.497 e. The van der Waals surface area contributed by atoms with Crippen molar-refractivity contribution in [3.63, 3.8) is 0 Å². The van der Waals surface area contributed by atoms with Crippen LogP contribution in [0.3, 0.4) is 0 Å².